The molecule has 4 saturated carbocycles. The molecule has 1 nitrogen and oxygen atoms in total. The van der Waals surface area contributed by atoms with Crippen LogP contribution in [0.4, 0.5) is 0 Å². The van der Waals surface area contributed by atoms with Gasteiger partial charge in [0.15, 0.2) is 0 Å². The molecule has 0 radical (unpaired) electrons. The van der Waals surface area contributed by atoms with Crippen molar-refractivity contribution >= 4 is 5.78 Å². The first-order chi connectivity index (χ1) is 9.95. The molecule has 4 fully saturated rings. The molecular weight excluding hydrogens is 256 g/mol. The molecule has 0 heterocycles. The third-order valence-corrected chi connectivity index (χ3v) is 8.45. The fourth-order valence-corrected chi connectivity index (χ4v) is 7.51. The molecule has 0 spiro atoms. The summed E-state index contributed by atoms with van der Waals surface area (Å²) in [4.78, 5) is 12.8. The summed E-state index contributed by atoms with van der Waals surface area (Å²) < 4.78 is 0. The van der Waals surface area contributed by atoms with Crippen LogP contribution in [0.1, 0.15) is 78.6 Å². The van der Waals surface area contributed by atoms with Gasteiger partial charge in [-0.05, 0) is 86.4 Å². The molecule has 7 atom stereocenters. The van der Waals surface area contributed by atoms with Gasteiger partial charge in [-0.2, -0.15) is 0 Å². The van der Waals surface area contributed by atoms with Crippen LogP contribution in [0.25, 0.3) is 0 Å². The molecule has 0 aliphatic heterocycles. The Morgan fingerprint density at radius 1 is 1.05 bits per heavy atom. The Balaban J connectivity index is 1.68. The zero-order chi connectivity index (χ0) is 14.8. The quantitative estimate of drug-likeness (QED) is 0.596. The van der Waals surface area contributed by atoms with Crippen molar-refractivity contribution in [1.82, 2.24) is 0 Å². The minimum absolute atomic E-state index is 0.0499. The van der Waals surface area contributed by atoms with Crippen LogP contribution in [-0.4, -0.2) is 5.78 Å². The van der Waals surface area contributed by atoms with E-state index in [9.17, 15) is 4.79 Å². The van der Waals surface area contributed by atoms with E-state index in [1.807, 2.05) is 0 Å². The van der Waals surface area contributed by atoms with Crippen LogP contribution < -0.4 is 0 Å². The first kappa shape index (κ1) is 14.3. The lowest BCUT2D eigenvalue weighted by Crippen LogP contribution is -2.55. The van der Waals surface area contributed by atoms with Crippen molar-refractivity contribution in [2.75, 3.05) is 0 Å². The SMILES string of the molecule is CC1C[C@H]2[C@@H]3CCC4CCCC(=O)[C@]4(C)[C@@H]3CC[C@]2(C)C1. The fraction of sp³-hybridized carbons (Fsp3) is 0.950. The minimum Gasteiger partial charge on any atom is -0.299 e. The third kappa shape index (κ3) is 1.85. The Labute approximate surface area is 130 Å². The largest absolute Gasteiger partial charge is 0.299 e. The number of carbonyl (C=O) groups excluding carboxylic acids is 1. The topological polar surface area (TPSA) is 17.1 Å². The van der Waals surface area contributed by atoms with Crippen molar-refractivity contribution in [2.45, 2.75) is 78.6 Å². The zero-order valence-corrected chi connectivity index (χ0v) is 14.2. The first-order valence-electron chi connectivity index (χ1n) is 9.48. The first-order valence-corrected chi connectivity index (χ1v) is 9.48. The van der Waals surface area contributed by atoms with Gasteiger partial charge in [-0.15, -0.1) is 0 Å². The van der Waals surface area contributed by atoms with Gasteiger partial charge < -0.3 is 0 Å². The van der Waals surface area contributed by atoms with Gasteiger partial charge in [0, 0.05) is 11.8 Å². The number of ketones is 1. The molecule has 21 heavy (non-hydrogen) atoms. The van der Waals surface area contributed by atoms with Gasteiger partial charge in [0.25, 0.3) is 0 Å². The zero-order valence-electron chi connectivity index (χ0n) is 14.2. The summed E-state index contributed by atoms with van der Waals surface area (Å²) in [7, 11) is 0. The van der Waals surface area contributed by atoms with Gasteiger partial charge >= 0.3 is 0 Å². The number of rotatable bonds is 0. The smallest absolute Gasteiger partial charge is 0.139 e. The highest BCUT2D eigenvalue weighted by atomic mass is 16.1. The van der Waals surface area contributed by atoms with E-state index in [1.54, 1.807) is 0 Å². The summed E-state index contributed by atoms with van der Waals surface area (Å²) in [5.74, 6) is 4.74. The molecule has 0 N–H and O–H groups in total. The van der Waals surface area contributed by atoms with Gasteiger partial charge in [-0.25, -0.2) is 0 Å². The second-order valence-corrected chi connectivity index (χ2v) is 9.49. The summed E-state index contributed by atoms with van der Waals surface area (Å²) >= 11 is 0. The van der Waals surface area contributed by atoms with E-state index in [1.165, 1.54) is 44.9 Å². The molecule has 0 saturated heterocycles. The van der Waals surface area contributed by atoms with Crippen LogP contribution in [-0.2, 0) is 4.79 Å². The van der Waals surface area contributed by atoms with Gasteiger partial charge in [-0.3, -0.25) is 4.79 Å². The van der Waals surface area contributed by atoms with E-state index in [-0.39, 0.29) is 5.41 Å². The third-order valence-electron chi connectivity index (χ3n) is 8.45. The average molecular weight is 288 g/mol. The number of fused-ring (bicyclic) bond motifs is 5. The summed E-state index contributed by atoms with van der Waals surface area (Å²) in [6.45, 7) is 7.39. The Hall–Kier alpha value is -0.330. The average Bonchev–Trinajstić information content (AvgIpc) is 2.74. The van der Waals surface area contributed by atoms with Crippen molar-refractivity contribution < 1.29 is 4.79 Å². The normalized spacial score (nSPS) is 56.5. The summed E-state index contributed by atoms with van der Waals surface area (Å²) in [6.07, 6.45) is 11.7. The highest BCUT2D eigenvalue weighted by Crippen LogP contribution is 2.66. The molecular formula is C20H32O. The molecule has 1 heteroatoms. The summed E-state index contributed by atoms with van der Waals surface area (Å²) in [5, 5.41) is 0. The second-order valence-electron chi connectivity index (χ2n) is 9.49. The molecule has 118 valence electrons. The standard InChI is InChI=1S/C20H32O/c1-13-11-17-15-8-7-14-5-4-6-18(21)20(14,3)16(15)9-10-19(17,2)12-13/h13-17H,4-12H2,1-3H3/t13?,14?,15-,16-,17+,19-,20+/m1/s1. The van der Waals surface area contributed by atoms with Crippen molar-refractivity contribution in [2.24, 2.45) is 40.4 Å². The Kier molecular flexibility index (Phi) is 3.12. The van der Waals surface area contributed by atoms with E-state index in [2.05, 4.69) is 20.8 Å². The Bertz CT molecular complexity index is 455. The predicted molar refractivity (Wildman–Crippen MR) is 85.9 cm³/mol. The molecule has 4 aliphatic carbocycles. The van der Waals surface area contributed by atoms with E-state index in [4.69, 9.17) is 0 Å². The van der Waals surface area contributed by atoms with Crippen LogP contribution in [0, 0.1) is 40.4 Å². The molecule has 0 aromatic carbocycles. The maximum Gasteiger partial charge on any atom is 0.139 e. The van der Waals surface area contributed by atoms with E-state index >= 15 is 0 Å². The summed E-state index contributed by atoms with van der Waals surface area (Å²) in [5.41, 5.74) is 0.649. The Morgan fingerprint density at radius 3 is 2.67 bits per heavy atom. The summed E-state index contributed by atoms with van der Waals surface area (Å²) in [6, 6.07) is 0. The van der Waals surface area contributed by atoms with Gasteiger partial charge in [-0.1, -0.05) is 20.8 Å². The molecule has 0 bridgehead atoms. The van der Waals surface area contributed by atoms with Crippen LogP contribution in [0.3, 0.4) is 0 Å². The van der Waals surface area contributed by atoms with Crippen LogP contribution in [0.15, 0.2) is 0 Å². The number of hydrogen-bond acceptors (Lipinski definition) is 1. The second kappa shape index (κ2) is 4.59. The lowest BCUT2D eigenvalue weighted by Gasteiger charge is -2.58. The van der Waals surface area contributed by atoms with Crippen LogP contribution in [0.2, 0.25) is 0 Å². The highest BCUT2D eigenvalue weighted by molar-refractivity contribution is 5.86. The van der Waals surface area contributed by atoms with E-state index in [0.717, 1.165) is 30.6 Å². The molecule has 0 aromatic rings. The lowest BCUT2D eigenvalue weighted by atomic mass is 9.45. The molecule has 4 aliphatic rings. The lowest BCUT2D eigenvalue weighted by molar-refractivity contribution is -0.154. The van der Waals surface area contributed by atoms with Crippen LogP contribution in [0.5, 0.6) is 0 Å². The van der Waals surface area contributed by atoms with E-state index in [0.29, 0.717) is 23.0 Å². The van der Waals surface area contributed by atoms with Gasteiger partial charge in [0.1, 0.15) is 5.78 Å². The van der Waals surface area contributed by atoms with Crippen molar-refractivity contribution in [3.63, 3.8) is 0 Å². The van der Waals surface area contributed by atoms with Gasteiger partial charge in [0.05, 0.1) is 0 Å². The number of carbonyl (C=O) groups is 1. The monoisotopic (exact) mass is 288 g/mol. The van der Waals surface area contributed by atoms with E-state index < -0.39 is 0 Å². The molecule has 4 rings (SSSR count). The number of hydrogen-bond donors (Lipinski definition) is 0. The molecule has 0 aromatic heterocycles. The molecule has 2 unspecified atom stereocenters. The fourth-order valence-electron chi connectivity index (χ4n) is 7.51. The highest BCUT2D eigenvalue weighted by Gasteiger charge is 2.60. The van der Waals surface area contributed by atoms with Crippen molar-refractivity contribution in [3.05, 3.63) is 0 Å². The minimum atomic E-state index is 0.0499. The van der Waals surface area contributed by atoms with Crippen molar-refractivity contribution in [3.8, 4) is 0 Å². The molecule has 0 amide bonds. The van der Waals surface area contributed by atoms with Gasteiger partial charge in [0.2, 0.25) is 0 Å². The van der Waals surface area contributed by atoms with Crippen LogP contribution >= 0.6 is 0 Å². The maximum atomic E-state index is 12.8. The Morgan fingerprint density at radius 2 is 1.86 bits per heavy atom. The number of Topliss-reactive ketones (excluding diaryl/α,β-unsaturated/α-hetero) is 1. The predicted octanol–water partition coefficient (Wildman–Crippen LogP) is 5.23. The van der Waals surface area contributed by atoms with Crippen molar-refractivity contribution in [1.29, 1.82) is 0 Å². The maximum absolute atomic E-state index is 12.8.